The van der Waals surface area contributed by atoms with Gasteiger partial charge in [0.05, 0.1) is 12.0 Å². The predicted molar refractivity (Wildman–Crippen MR) is 80.8 cm³/mol. The van der Waals surface area contributed by atoms with Crippen molar-refractivity contribution in [3.8, 4) is 5.75 Å². The summed E-state index contributed by atoms with van der Waals surface area (Å²) in [7, 11) is 0. The minimum absolute atomic E-state index is 0.103. The van der Waals surface area contributed by atoms with Crippen molar-refractivity contribution in [1.82, 2.24) is 0 Å². The number of hydrogen-bond donors (Lipinski definition) is 2. The Morgan fingerprint density at radius 3 is 2.67 bits per heavy atom. The van der Waals surface area contributed by atoms with Gasteiger partial charge >= 0.3 is 0 Å². The van der Waals surface area contributed by atoms with Gasteiger partial charge in [-0.05, 0) is 31.9 Å². The molecule has 5 heteroatoms. The van der Waals surface area contributed by atoms with E-state index in [1.165, 1.54) is 12.1 Å². The summed E-state index contributed by atoms with van der Waals surface area (Å²) in [4.78, 5) is 12.5. The molecule has 1 amide bonds. The molecule has 0 aromatic heterocycles. The third kappa shape index (κ3) is 3.53. The Morgan fingerprint density at radius 2 is 2.10 bits per heavy atom. The number of nitrogens with one attached hydrogen (secondary N) is 1. The Hall–Kier alpha value is -1.62. The van der Waals surface area contributed by atoms with Gasteiger partial charge in [-0.2, -0.15) is 0 Å². The molecule has 0 heterocycles. The smallest absolute Gasteiger partial charge is 0.231 e. The molecule has 1 aliphatic carbocycles. The molecule has 1 aliphatic rings. The second kappa shape index (κ2) is 6.89. The summed E-state index contributed by atoms with van der Waals surface area (Å²) in [5.41, 5.74) is 5.77. The molecular formula is C16H23FN2O2. The number of hydrogen-bond acceptors (Lipinski definition) is 3. The standard InChI is InChI=1S/C16H23FN2O2/c1-2-21-14-7-6-12(10-13(14)17)19-15(20)16(11-18)8-4-3-5-9-16/h6-7,10H,2-5,8-9,11,18H2,1H3,(H,19,20). The number of carbonyl (C=O) groups excluding carboxylic acids is 1. The summed E-state index contributed by atoms with van der Waals surface area (Å²) in [5, 5.41) is 2.80. The number of halogens is 1. The van der Waals surface area contributed by atoms with E-state index in [0.29, 0.717) is 18.8 Å². The van der Waals surface area contributed by atoms with E-state index in [-0.39, 0.29) is 11.7 Å². The van der Waals surface area contributed by atoms with Gasteiger partial charge in [0.25, 0.3) is 0 Å². The molecule has 0 saturated heterocycles. The molecule has 21 heavy (non-hydrogen) atoms. The van der Waals surface area contributed by atoms with Crippen molar-refractivity contribution in [1.29, 1.82) is 0 Å². The summed E-state index contributed by atoms with van der Waals surface area (Å²) in [5.74, 6) is -0.380. The number of rotatable bonds is 5. The van der Waals surface area contributed by atoms with Crippen LogP contribution < -0.4 is 15.8 Å². The third-order valence-electron chi connectivity index (χ3n) is 4.17. The fourth-order valence-corrected chi connectivity index (χ4v) is 2.87. The Balaban J connectivity index is 2.09. The van der Waals surface area contributed by atoms with E-state index in [0.717, 1.165) is 32.1 Å². The fourth-order valence-electron chi connectivity index (χ4n) is 2.87. The first kappa shape index (κ1) is 15.8. The SMILES string of the molecule is CCOc1ccc(NC(=O)C2(CN)CCCCC2)cc1F. The van der Waals surface area contributed by atoms with Gasteiger partial charge in [-0.1, -0.05) is 19.3 Å². The number of nitrogens with two attached hydrogens (primary N) is 1. The van der Waals surface area contributed by atoms with E-state index in [4.69, 9.17) is 10.5 Å². The molecule has 0 spiro atoms. The summed E-state index contributed by atoms with van der Waals surface area (Å²) in [6.45, 7) is 2.53. The van der Waals surface area contributed by atoms with E-state index in [2.05, 4.69) is 5.32 Å². The topological polar surface area (TPSA) is 64.3 Å². The van der Waals surface area contributed by atoms with Crippen molar-refractivity contribution < 1.29 is 13.9 Å². The van der Waals surface area contributed by atoms with Crippen LogP contribution in [0.25, 0.3) is 0 Å². The first-order chi connectivity index (χ1) is 10.1. The van der Waals surface area contributed by atoms with Crippen LogP contribution in [-0.2, 0) is 4.79 Å². The molecule has 0 bridgehead atoms. The minimum atomic E-state index is -0.507. The van der Waals surface area contributed by atoms with Crippen LogP contribution >= 0.6 is 0 Å². The molecule has 0 unspecified atom stereocenters. The highest BCUT2D eigenvalue weighted by Crippen LogP contribution is 2.36. The van der Waals surface area contributed by atoms with Crippen LogP contribution in [0.3, 0.4) is 0 Å². The highest BCUT2D eigenvalue weighted by Gasteiger charge is 2.38. The maximum absolute atomic E-state index is 13.8. The van der Waals surface area contributed by atoms with Crippen LogP contribution in [0.1, 0.15) is 39.0 Å². The largest absolute Gasteiger partial charge is 0.491 e. The Bertz CT molecular complexity index is 499. The van der Waals surface area contributed by atoms with Gasteiger partial charge < -0.3 is 15.8 Å². The maximum atomic E-state index is 13.8. The zero-order valence-electron chi connectivity index (χ0n) is 12.5. The zero-order chi connectivity index (χ0) is 15.3. The maximum Gasteiger partial charge on any atom is 0.231 e. The van der Waals surface area contributed by atoms with Crippen LogP contribution in [0.15, 0.2) is 18.2 Å². The van der Waals surface area contributed by atoms with Gasteiger partial charge in [0.15, 0.2) is 11.6 Å². The fraction of sp³-hybridized carbons (Fsp3) is 0.562. The molecule has 0 atom stereocenters. The lowest BCUT2D eigenvalue weighted by Crippen LogP contribution is -2.43. The number of anilines is 1. The normalized spacial score (nSPS) is 17.3. The zero-order valence-corrected chi connectivity index (χ0v) is 12.5. The second-order valence-corrected chi connectivity index (χ2v) is 5.58. The molecule has 1 aromatic rings. The van der Waals surface area contributed by atoms with Gasteiger partial charge in [-0.15, -0.1) is 0 Å². The first-order valence-corrected chi connectivity index (χ1v) is 7.55. The molecule has 3 N–H and O–H groups in total. The lowest BCUT2D eigenvalue weighted by atomic mass is 9.73. The van der Waals surface area contributed by atoms with E-state index in [9.17, 15) is 9.18 Å². The van der Waals surface area contributed by atoms with E-state index in [1.54, 1.807) is 13.0 Å². The van der Waals surface area contributed by atoms with Crippen molar-refractivity contribution in [3.63, 3.8) is 0 Å². The monoisotopic (exact) mass is 294 g/mol. The quantitative estimate of drug-likeness (QED) is 0.877. The molecule has 4 nitrogen and oxygen atoms in total. The van der Waals surface area contributed by atoms with Crippen molar-refractivity contribution >= 4 is 11.6 Å². The number of carbonyl (C=O) groups is 1. The second-order valence-electron chi connectivity index (χ2n) is 5.58. The van der Waals surface area contributed by atoms with E-state index in [1.807, 2.05) is 0 Å². The Labute approximate surface area is 124 Å². The molecule has 116 valence electrons. The third-order valence-corrected chi connectivity index (χ3v) is 4.17. The molecule has 2 rings (SSSR count). The summed E-state index contributed by atoms with van der Waals surface area (Å²) in [6.07, 6.45) is 4.78. The average molecular weight is 294 g/mol. The highest BCUT2D eigenvalue weighted by molar-refractivity contribution is 5.95. The van der Waals surface area contributed by atoms with Crippen LogP contribution in [0, 0.1) is 11.2 Å². The molecule has 1 saturated carbocycles. The lowest BCUT2D eigenvalue weighted by Gasteiger charge is -2.34. The van der Waals surface area contributed by atoms with Crippen molar-refractivity contribution in [2.45, 2.75) is 39.0 Å². The van der Waals surface area contributed by atoms with Gasteiger partial charge in [0.2, 0.25) is 5.91 Å². The Morgan fingerprint density at radius 1 is 1.38 bits per heavy atom. The van der Waals surface area contributed by atoms with Crippen molar-refractivity contribution in [2.24, 2.45) is 11.1 Å². The summed E-state index contributed by atoms with van der Waals surface area (Å²) in [6, 6.07) is 4.47. The molecular weight excluding hydrogens is 271 g/mol. The average Bonchev–Trinajstić information content (AvgIpc) is 2.50. The van der Waals surface area contributed by atoms with E-state index >= 15 is 0 Å². The van der Waals surface area contributed by atoms with Crippen LogP contribution in [-0.4, -0.2) is 19.1 Å². The van der Waals surface area contributed by atoms with Gasteiger partial charge in [0.1, 0.15) is 0 Å². The number of benzene rings is 1. The first-order valence-electron chi connectivity index (χ1n) is 7.55. The summed E-state index contributed by atoms with van der Waals surface area (Å²) < 4.78 is 19.0. The minimum Gasteiger partial charge on any atom is -0.491 e. The predicted octanol–water partition coefficient (Wildman–Crippen LogP) is 3.07. The number of amides is 1. The Kier molecular flexibility index (Phi) is 5.17. The van der Waals surface area contributed by atoms with Crippen LogP contribution in [0.4, 0.5) is 10.1 Å². The summed E-state index contributed by atoms with van der Waals surface area (Å²) >= 11 is 0. The molecule has 1 fully saturated rings. The lowest BCUT2D eigenvalue weighted by molar-refractivity contribution is -0.126. The van der Waals surface area contributed by atoms with Crippen LogP contribution in [0.2, 0.25) is 0 Å². The molecule has 1 aromatic carbocycles. The molecule has 0 aliphatic heterocycles. The van der Waals surface area contributed by atoms with E-state index < -0.39 is 11.2 Å². The van der Waals surface area contributed by atoms with Gasteiger partial charge in [-0.3, -0.25) is 4.79 Å². The van der Waals surface area contributed by atoms with Gasteiger partial charge in [-0.25, -0.2) is 4.39 Å². The van der Waals surface area contributed by atoms with Crippen molar-refractivity contribution in [3.05, 3.63) is 24.0 Å². The highest BCUT2D eigenvalue weighted by atomic mass is 19.1. The van der Waals surface area contributed by atoms with Gasteiger partial charge in [0, 0.05) is 18.3 Å². The number of ether oxygens (including phenoxy) is 1. The van der Waals surface area contributed by atoms with Crippen molar-refractivity contribution in [2.75, 3.05) is 18.5 Å². The molecule has 0 radical (unpaired) electrons. The van der Waals surface area contributed by atoms with Crippen LogP contribution in [0.5, 0.6) is 5.75 Å².